The minimum absolute atomic E-state index is 0.102. The maximum absolute atomic E-state index is 12.2. The van der Waals surface area contributed by atoms with Crippen LogP contribution in [0.1, 0.15) is 12.0 Å². The van der Waals surface area contributed by atoms with E-state index in [1.54, 1.807) is 6.20 Å². The summed E-state index contributed by atoms with van der Waals surface area (Å²) in [7, 11) is 2.05. The highest BCUT2D eigenvalue weighted by molar-refractivity contribution is 5.92. The van der Waals surface area contributed by atoms with E-state index in [4.69, 9.17) is 0 Å². The first-order valence-corrected chi connectivity index (χ1v) is 7.26. The Bertz CT molecular complexity index is 608. The van der Waals surface area contributed by atoms with Crippen molar-refractivity contribution in [2.75, 3.05) is 25.5 Å². The molecular formula is C16H20N4O. The molecule has 3 rings (SSSR count). The highest BCUT2D eigenvalue weighted by atomic mass is 16.1. The van der Waals surface area contributed by atoms with Gasteiger partial charge in [-0.05, 0) is 43.8 Å². The fourth-order valence-corrected chi connectivity index (χ4v) is 2.72. The summed E-state index contributed by atoms with van der Waals surface area (Å²) < 4.78 is 1.87. The van der Waals surface area contributed by atoms with Crippen molar-refractivity contribution in [3.05, 3.63) is 48.3 Å². The van der Waals surface area contributed by atoms with Crippen molar-refractivity contribution in [3.63, 3.8) is 0 Å². The van der Waals surface area contributed by atoms with Gasteiger partial charge in [0, 0.05) is 24.6 Å². The van der Waals surface area contributed by atoms with E-state index in [0.29, 0.717) is 6.54 Å². The van der Waals surface area contributed by atoms with Gasteiger partial charge in [-0.2, -0.15) is 5.10 Å². The number of hydrogen-bond donors (Lipinski definition) is 1. The molecule has 1 saturated heterocycles. The van der Waals surface area contributed by atoms with Gasteiger partial charge in [0.05, 0.1) is 12.5 Å². The molecule has 0 spiro atoms. The molecule has 110 valence electrons. The molecule has 1 fully saturated rings. The summed E-state index contributed by atoms with van der Waals surface area (Å²) in [4.78, 5) is 14.4. The lowest BCUT2D eigenvalue weighted by Crippen LogP contribution is -2.25. The number of anilines is 1. The molecule has 0 radical (unpaired) electrons. The highest BCUT2D eigenvalue weighted by Crippen LogP contribution is 2.18. The van der Waals surface area contributed by atoms with Gasteiger partial charge in [0.2, 0.25) is 5.91 Å². The minimum Gasteiger partial charge on any atom is -0.326 e. The van der Waals surface area contributed by atoms with Crippen LogP contribution in [0.15, 0.2) is 42.7 Å². The Balaban J connectivity index is 1.64. The third-order valence-electron chi connectivity index (χ3n) is 3.86. The van der Waals surface area contributed by atoms with Crippen molar-refractivity contribution in [1.29, 1.82) is 0 Å². The van der Waals surface area contributed by atoms with Crippen molar-refractivity contribution < 1.29 is 4.79 Å². The van der Waals surface area contributed by atoms with Crippen LogP contribution in [0.5, 0.6) is 0 Å². The number of nitrogens with zero attached hydrogens (tertiary/aromatic N) is 3. The average molecular weight is 284 g/mol. The number of amides is 1. The average Bonchev–Trinajstić information content (AvgIpc) is 3.11. The largest absolute Gasteiger partial charge is 0.326 e. The molecule has 2 heterocycles. The fourth-order valence-electron chi connectivity index (χ4n) is 2.72. The normalized spacial score (nSPS) is 18.8. The summed E-state index contributed by atoms with van der Waals surface area (Å²) in [5, 5.41) is 7.23. The van der Waals surface area contributed by atoms with Crippen LogP contribution in [-0.2, 0) is 11.3 Å². The maximum Gasteiger partial charge on any atom is 0.228 e. The number of aromatic nitrogens is 2. The highest BCUT2D eigenvalue weighted by Gasteiger charge is 2.25. The molecule has 1 atom stereocenters. The van der Waals surface area contributed by atoms with Crippen LogP contribution in [0.3, 0.4) is 0 Å². The lowest BCUT2D eigenvalue weighted by molar-refractivity contribution is -0.119. The Morgan fingerprint density at radius 3 is 3.05 bits per heavy atom. The van der Waals surface area contributed by atoms with Crippen molar-refractivity contribution in [3.8, 4) is 0 Å². The molecule has 1 aliphatic heterocycles. The lowest BCUT2D eigenvalue weighted by atomic mass is 10.1. The van der Waals surface area contributed by atoms with Crippen LogP contribution in [-0.4, -0.2) is 40.7 Å². The van der Waals surface area contributed by atoms with Crippen LogP contribution < -0.4 is 5.32 Å². The second-order valence-corrected chi connectivity index (χ2v) is 5.64. The van der Waals surface area contributed by atoms with Gasteiger partial charge in [-0.1, -0.05) is 12.1 Å². The van der Waals surface area contributed by atoms with Crippen molar-refractivity contribution in [2.45, 2.75) is 13.0 Å². The second kappa shape index (κ2) is 6.10. The third kappa shape index (κ3) is 3.49. The van der Waals surface area contributed by atoms with Crippen LogP contribution >= 0.6 is 0 Å². The second-order valence-electron chi connectivity index (χ2n) is 5.64. The smallest absolute Gasteiger partial charge is 0.228 e. The Hall–Kier alpha value is -2.14. The fraction of sp³-hybridized carbons (Fsp3) is 0.375. The summed E-state index contributed by atoms with van der Waals surface area (Å²) in [6.45, 7) is 2.55. The Morgan fingerprint density at radius 1 is 1.43 bits per heavy atom. The van der Waals surface area contributed by atoms with Gasteiger partial charge in [-0.15, -0.1) is 0 Å². The van der Waals surface area contributed by atoms with Crippen LogP contribution in [0, 0.1) is 5.92 Å². The molecule has 5 heteroatoms. The number of likely N-dealkylation sites (tertiary alicyclic amines) is 1. The topological polar surface area (TPSA) is 50.2 Å². The molecule has 1 N–H and O–H groups in total. The molecule has 1 amide bonds. The van der Waals surface area contributed by atoms with E-state index in [9.17, 15) is 4.79 Å². The molecule has 0 saturated carbocycles. The number of carbonyl (C=O) groups is 1. The summed E-state index contributed by atoms with van der Waals surface area (Å²) in [6.07, 6.45) is 4.64. The molecule has 1 aliphatic rings. The zero-order chi connectivity index (χ0) is 14.7. The van der Waals surface area contributed by atoms with Gasteiger partial charge < -0.3 is 10.2 Å². The number of hydrogen-bond acceptors (Lipinski definition) is 3. The van der Waals surface area contributed by atoms with Crippen molar-refractivity contribution in [1.82, 2.24) is 14.7 Å². The standard InChI is InChI=1S/C16H20N4O/c1-19-9-6-14(12-19)16(21)18-15-5-2-4-13(10-15)11-20-8-3-7-17-20/h2-5,7-8,10,14H,6,9,11-12H2,1H3,(H,18,21). The number of rotatable bonds is 4. The number of carbonyl (C=O) groups excluding carboxylic acids is 1. The van der Waals surface area contributed by atoms with E-state index in [0.717, 1.165) is 30.8 Å². The van der Waals surface area contributed by atoms with Crippen LogP contribution in [0.2, 0.25) is 0 Å². The first-order valence-electron chi connectivity index (χ1n) is 7.26. The van der Waals surface area contributed by atoms with E-state index in [1.165, 1.54) is 0 Å². The monoisotopic (exact) mass is 284 g/mol. The van der Waals surface area contributed by atoms with Gasteiger partial charge in [0.15, 0.2) is 0 Å². The van der Waals surface area contributed by atoms with E-state index in [-0.39, 0.29) is 11.8 Å². The zero-order valence-electron chi connectivity index (χ0n) is 12.2. The van der Waals surface area contributed by atoms with E-state index in [1.807, 2.05) is 41.2 Å². The Labute approximate surface area is 124 Å². The van der Waals surface area contributed by atoms with Crippen molar-refractivity contribution >= 4 is 11.6 Å². The van der Waals surface area contributed by atoms with Gasteiger partial charge >= 0.3 is 0 Å². The number of nitrogens with one attached hydrogen (secondary N) is 1. The predicted molar refractivity (Wildman–Crippen MR) is 82.0 cm³/mol. The quantitative estimate of drug-likeness (QED) is 0.931. The van der Waals surface area contributed by atoms with E-state index >= 15 is 0 Å². The SMILES string of the molecule is CN1CCC(C(=O)Nc2cccc(Cn3cccn3)c2)C1. The predicted octanol–water partition coefficient (Wildman–Crippen LogP) is 1.82. The summed E-state index contributed by atoms with van der Waals surface area (Å²) in [6, 6.07) is 9.86. The zero-order valence-corrected chi connectivity index (χ0v) is 12.2. The van der Waals surface area contributed by atoms with Crippen LogP contribution in [0.25, 0.3) is 0 Å². The Morgan fingerprint density at radius 2 is 2.33 bits per heavy atom. The maximum atomic E-state index is 12.2. The molecule has 0 bridgehead atoms. The summed E-state index contributed by atoms with van der Waals surface area (Å²) >= 11 is 0. The molecule has 0 aliphatic carbocycles. The molecular weight excluding hydrogens is 264 g/mol. The number of benzene rings is 1. The molecule has 1 aromatic carbocycles. The van der Waals surface area contributed by atoms with E-state index in [2.05, 4.69) is 22.4 Å². The van der Waals surface area contributed by atoms with Gasteiger partial charge in [-0.3, -0.25) is 9.48 Å². The molecule has 2 aromatic rings. The molecule has 1 aromatic heterocycles. The summed E-state index contributed by atoms with van der Waals surface area (Å²) in [5.41, 5.74) is 1.99. The Kier molecular flexibility index (Phi) is 4.01. The van der Waals surface area contributed by atoms with E-state index < -0.39 is 0 Å². The first-order chi connectivity index (χ1) is 10.2. The molecule has 21 heavy (non-hydrogen) atoms. The first kappa shape index (κ1) is 13.8. The molecule has 5 nitrogen and oxygen atoms in total. The van der Waals surface area contributed by atoms with Gasteiger partial charge in [0.1, 0.15) is 0 Å². The van der Waals surface area contributed by atoms with Gasteiger partial charge in [-0.25, -0.2) is 0 Å². The third-order valence-corrected chi connectivity index (χ3v) is 3.86. The van der Waals surface area contributed by atoms with Gasteiger partial charge in [0.25, 0.3) is 0 Å². The van der Waals surface area contributed by atoms with Crippen LogP contribution in [0.4, 0.5) is 5.69 Å². The lowest BCUT2D eigenvalue weighted by Gasteiger charge is -2.12. The molecule has 1 unspecified atom stereocenters. The minimum atomic E-state index is 0.102. The summed E-state index contributed by atoms with van der Waals surface area (Å²) in [5.74, 6) is 0.223. The van der Waals surface area contributed by atoms with Crippen molar-refractivity contribution in [2.24, 2.45) is 5.92 Å².